The van der Waals surface area contributed by atoms with Crippen LogP contribution in [0, 0.1) is 10.1 Å². The summed E-state index contributed by atoms with van der Waals surface area (Å²) in [6, 6.07) is 11.8. The van der Waals surface area contributed by atoms with Crippen LogP contribution in [-0.4, -0.2) is 37.4 Å². The summed E-state index contributed by atoms with van der Waals surface area (Å²) in [6.45, 7) is 0. The highest BCUT2D eigenvalue weighted by Gasteiger charge is 2.15. The number of rotatable bonds is 6. The van der Waals surface area contributed by atoms with Crippen molar-refractivity contribution < 1.29 is 14.5 Å². The number of halogens is 1. The van der Waals surface area contributed by atoms with Gasteiger partial charge in [-0.1, -0.05) is 23.4 Å². The number of hydrogen-bond acceptors (Lipinski definition) is 8. The number of hydrogen-bond donors (Lipinski definition) is 3. The highest BCUT2D eigenvalue weighted by molar-refractivity contribution is 7.99. The highest BCUT2D eigenvalue weighted by Crippen LogP contribution is 2.22. The number of nitro benzene ring substituents is 1. The average molecular weight is 448 g/mol. The van der Waals surface area contributed by atoms with E-state index in [0.29, 0.717) is 21.6 Å². The molecule has 154 valence electrons. The number of amides is 2. The van der Waals surface area contributed by atoms with Gasteiger partial charge in [-0.2, -0.15) is 0 Å². The fourth-order valence-corrected chi connectivity index (χ4v) is 3.05. The van der Waals surface area contributed by atoms with Crippen LogP contribution >= 0.6 is 23.4 Å². The Labute approximate surface area is 178 Å². The summed E-state index contributed by atoms with van der Waals surface area (Å²) >= 11 is 6.89. The lowest BCUT2D eigenvalue weighted by Gasteiger charge is -2.07. The van der Waals surface area contributed by atoms with E-state index in [1.165, 1.54) is 28.9 Å². The number of carbonyl (C=O) groups excluding carboxylic acids is 2. The predicted octanol–water partition coefficient (Wildman–Crippen LogP) is 1.77. The molecule has 0 saturated carbocycles. The van der Waals surface area contributed by atoms with Crippen molar-refractivity contribution in [3.8, 4) is 11.4 Å². The molecule has 0 fully saturated rings. The van der Waals surface area contributed by atoms with Gasteiger partial charge in [0.15, 0.2) is 5.82 Å². The third-order valence-corrected chi connectivity index (χ3v) is 4.95. The van der Waals surface area contributed by atoms with E-state index in [0.717, 1.165) is 11.8 Å². The Hall–Kier alpha value is -3.64. The van der Waals surface area contributed by atoms with Crippen molar-refractivity contribution in [2.45, 2.75) is 5.16 Å². The van der Waals surface area contributed by atoms with Crippen LogP contribution < -0.4 is 16.7 Å². The molecule has 1 aromatic heterocycles. The molecule has 3 aromatic rings. The quantitative estimate of drug-likeness (QED) is 0.223. The number of non-ortho nitro benzene ring substituents is 1. The number of hydrazine groups is 1. The molecule has 0 aliphatic carbocycles. The maximum absolute atomic E-state index is 12.0. The van der Waals surface area contributed by atoms with E-state index in [9.17, 15) is 19.7 Å². The molecule has 0 radical (unpaired) electrons. The lowest BCUT2D eigenvalue weighted by molar-refractivity contribution is -0.384. The maximum Gasteiger partial charge on any atom is 0.269 e. The molecule has 0 aliphatic heterocycles. The molecule has 11 nitrogen and oxygen atoms in total. The van der Waals surface area contributed by atoms with Crippen LogP contribution in [0.5, 0.6) is 0 Å². The second kappa shape index (κ2) is 9.24. The minimum absolute atomic E-state index is 0.0868. The summed E-state index contributed by atoms with van der Waals surface area (Å²) < 4.78 is 1.25. The summed E-state index contributed by atoms with van der Waals surface area (Å²) in [6.07, 6.45) is 0. The van der Waals surface area contributed by atoms with Crippen molar-refractivity contribution in [3.63, 3.8) is 0 Å². The normalized spacial score (nSPS) is 10.4. The minimum atomic E-state index is -0.615. The van der Waals surface area contributed by atoms with Gasteiger partial charge in [0.25, 0.3) is 11.6 Å². The predicted molar refractivity (Wildman–Crippen MR) is 110 cm³/mol. The van der Waals surface area contributed by atoms with E-state index < -0.39 is 16.7 Å². The smallest absolute Gasteiger partial charge is 0.269 e. The van der Waals surface area contributed by atoms with Crippen LogP contribution in [-0.2, 0) is 4.79 Å². The molecule has 0 bridgehead atoms. The molecule has 3 rings (SSSR count). The summed E-state index contributed by atoms with van der Waals surface area (Å²) in [5.74, 6) is 5.17. The second-order valence-electron chi connectivity index (χ2n) is 5.78. The summed E-state index contributed by atoms with van der Waals surface area (Å²) in [4.78, 5) is 34.0. The molecule has 2 aromatic carbocycles. The van der Waals surface area contributed by atoms with E-state index >= 15 is 0 Å². The molecule has 13 heteroatoms. The Bertz CT molecular complexity index is 1090. The number of aromatic nitrogens is 3. The fraction of sp³-hybridized carbons (Fsp3) is 0.0588. The monoisotopic (exact) mass is 447 g/mol. The first-order valence-corrected chi connectivity index (χ1v) is 9.64. The molecule has 0 aliphatic rings. The molecule has 4 N–H and O–H groups in total. The number of thioether (sulfide) groups is 1. The molecule has 0 unspecified atom stereocenters. The first kappa shape index (κ1) is 21.1. The Morgan fingerprint density at radius 3 is 2.40 bits per heavy atom. The van der Waals surface area contributed by atoms with E-state index in [-0.39, 0.29) is 17.0 Å². The third kappa shape index (κ3) is 5.04. The minimum Gasteiger partial charge on any atom is -0.335 e. The Balaban J connectivity index is 1.52. The zero-order valence-electron chi connectivity index (χ0n) is 15.1. The van der Waals surface area contributed by atoms with Gasteiger partial charge in [0.05, 0.1) is 10.7 Å². The highest BCUT2D eigenvalue weighted by atomic mass is 35.5. The maximum atomic E-state index is 12.0. The van der Waals surface area contributed by atoms with Gasteiger partial charge in [0.1, 0.15) is 0 Å². The fourth-order valence-electron chi connectivity index (χ4n) is 2.27. The zero-order chi connectivity index (χ0) is 21.7. The van der Waals surface area contributed by atoms with Crippen molar-refractivity contribution in [3.05, 3.63) is 69.2 Å². The van der Waals surface area contributed by atoms with Gasteiger partial charge in [-0.3, -0.25) is 30.6 Å². The SMILES string of the molecule is Nn1c(SCC(=O)NNC(=O)c2ccc([N+](=O)[O-])cc2)nnc1-c1ccc(Cl)cc1. The van der Waals surface area contributed by atoms with Crippen molar-refractivity contribution >= 4 is 40.9 Å². The van der Waals surface area contributed by atoms with Crippen molar-refractivity contribution in [2.75, 3.05) is 11.6 Å². The largest absolute Gasteiger partial charge is 0.335 e. The number of nitrogen functional groups attached to an aromatic ring is 1. The van der Waals surface area contributed by atoms with Gasteiger partial charge >= 0.3 is 0 Å². The van der Waals surface area contributed by atoms with Crippen LogP contribution in [0.4, 0.5) is 5.69 Å². The first-order valence-electron chi connectivity index (χ1n) is 8.28. The van der Waals surface area contributed by atoms with E-state index in [4.69, 9.17) is 17.4 Å². The molecule has 0 spiro atoms. The average Bonchev–Trinajstić information content (AvgIpc) is 3.11. The first-order chi connectivity index (χ1) is 14.3. The molecular formula is C17H14ClN7O4S. The Morgan fingerprint density at radius 1 is 1.10 bits per heavy atom. The summed E-state index contributed by atoms with van der Waals surface area (Å²) in [5, 5.41) is 19.5. The molecule has 1 heterocycles. The second-order valence-corrected chi connectivity index (χ2v) is 7.16. The van der Waals surface area contributed by atoms with E-state index in [1.807, 2.05) is 0 Å². The Kier molecular flexibility index (Phi) is 6.49. The molecule has 2 amide bonds. The molecular weight excluding hydrogens is 434 g/mol. The van der Waals surface area contributed by atoms with Crippen LogP contribution in [0.1, 0.15) is 10.4 Å². The van der Waals surface area contributed by atoms with Gasteiger partial charge in [-0.05, 0) is 36.4 Å². The number of nitrogens with two attached hydrogens (primary N) is 1. The zero-order valence-corrected chi connectivity index (χ0v) is 16.7. The summed E-state index contributed by atoms with van der Waals surface area (Å²) in [7, 11) is 0. The van der Waals surface area contributed by atoms with Crippen molar-refractivity contribution in [2.24, 2.45) is 0 Å². The number of benzene rings is 2. The number of nitro groups is 1. The molecule has 0 atom stereocenters. The van der Waals surface area contributed by atoms with Crippen LogP contribution in [0.3, 0.4) is 0 Å². The topological polar surface area (TPSA) is 158 Å². The number of nitrogens with zero attached hydrogens (tertiary/aromatic N) is 4. The van der Waals surface area contributed by atoms with E-state index in [1.54, 1.807) is 24.3 Å². The number of nitrogens with one attached hydrogen (secondary N) is 2. The van der Waals surface area contributed by atoms with Crippen molar-refractivity contribution in [1.29, 1.82) is 0 Å². The van der Waals surface area contributed by atoms with Crippen LogP contribution in [0.2, 0.25) is 5.02 Å². The summed E-state index contributed by atoms with van der Waals surface area (Å²) in [5.41, 5.74) is 5.20. The lowest BCUT2D eigenvalue weighted by Crippen LogP contribution is -2.42. The molecule has 30 heavy (non-hydrogen) atoms. The third-order valence-electron chi connectivity index (χ3n) is 3.76. The number of carbonyl (C=O) groups is 2. The Morgan fingerprint density at radius 2 is 1.77 bits per heavy atom. The van der Waals surface area contributed by atoms with Gasteiger partial charge in [-0.25, -0.2) is 4.68 Å². The van der Waals surface area contributed by atoms with Crippen molar-refractivity contribution in [1.82, 2.24) is 25.7 Å². The van der Waals surface area contributed by atoms with Gasteiger partial charge in [0.2, 0.25) is 11.1 Å². The van der Waals surface area contributed by atoms with Gasteiger partial charge < -0.3 is 5.84 Å². The lowest BCUT2D eigenvalue weighted by atomic mass is 10.2. The molecule has 0 saturated heterocycles. The van der Waals surface area contributed by atoms with Crippen LogP contribution in [0.25, 0.3) is 11.4 Å². The standard InChI is InChI=1S/C17H14ClN7O4S/c18-12-5-1-10(2-6-12)15-21-23-17(24(15)19)30-9-14(26)20-22-16(27)11-3-7-13(8-4-11)25(28)29/h1-8H,9,19H2,(H,20,26)(H,22,27). The van der Waals surface area contributed by atoms with Crippen LogP contribution in [0.15, 0.2) is 53.7 Å². The van der Waals surface area contributed by atoms with Gasteiger partial charge in [-0.15, -0.1) is 10.2 Å². The van der Waals surface area contributed by atoms with E-state index in [2.05, 4.69) is 21.0 Å². The van der Waals surface area contributed by atoms with Gasteiger partial charge in [0, 0.05) is 28.3 Å².